The van der Waals surface area contributed by atoms with Gasteiger partial charge < -0.3 is 4.90 Å². The summed E-state index contributed by atoms with van der Waals surface area (Å²) >= 11 is 1.59. The summed E-state index contributed by atoms with van der Waals surface area (Å²) in [4.78, 5) is 13.2. The Kier molecular flexibility index (Phi) is 4.86. The van der Waals surface area contributed by atoms with Crippen LogP contribution < -0.4 is 0 Å². The summed E-state index contributed by atoms with van der Waals surface area (Å²) in [5, 5.41) is -0.653. The molecule has 0 aliphatic carbocycles. The molecule has 92 valence electrons. The number of hydrogen-bond donors (Lipinski definition) is 0. The van der Waals surface area contributed by atoms with E-state index >= 15 is 0 Å². The van der Waals surface area contributed by atoms with Crippen molar-refractivity contribution >= 4 is 27.5 Å². The van der Waals surface area contributed by atoms with Gasteiger partial charge in [-0.1, -0.05) is 13.0 Å². The zero-order valence-corrected chi connectivity index (χ0v) is 11.2. The van der Waals surface area contributed by atoms with Crippen molar-refractivity contribution in [1.82, 2.24) is 4.90 Å². The van der Waals surface area contributed by atoms with E-state index in [1.54, 1.807) is 31.7 Å². The van der Waals surface area contributed by atoms with Crippen LogP contribution in [0.1, 0.15) is 13.8 Å². The molecule has 0 radical (unpaired) electrons. The zero-order chi connectivity index (χ0) is 12.2. The maximum atomic E-state index is 11.8. The molecule has 1 unspecified atom stereocenters. The fraction of sp³-hybridized carbons (Fsp3) is 0.700. The first-order valence-electron chi connectivity index (χ1n) is 5.25. The number of carbonyl (C=O) groups is 1. The SMILES string of the molecule is CC=CC(=O)N1CCSCC1S(=O)(=O)CC. The van der Waals surface area contributed by atoms with Gasteiger partial charge in [-0.3, -0.25) is 4.79 Å². The van der Waals surface area contributed by atoms with Crippen LogP contribution in [-0.2, 0) is 14.6 Å². The number of sulfone groups is 1. The molecule has 6 heteroatoms. The van der Waals surface area contributed by atoms with Crippen molar-refractivity contribution < 1.29 is 13.2 Å². The van der Waals surface area contributed by atoms with Crippen molar-refractivity contribution in [3.63, 3.8) is 0 Å². The minimum Gasteiger partial charge on any atom is -0.320 e. The van der Waals surface area contributed by atoms with Crippen molar-refractivity contribution in [3.8, 4) is 0 Å². The normalized spacial score (nSPS) is 22.6. The molecule has 0 saturated carbocycles. The first-order chi connectivity index (χ1) is 7.53. The summed E-state index contributed by atoms with van der Waals surface area (Å²) in [6.45, 7) is 3.88. The minimum absolute atomic E-state index is 0.0812. The Labute approximate surface area is 101 Å². The molecule has 1 aliphatic rings. The fourth-order valence-electron chi connectivity index (χ4n) is 1.56. The summed E-state index contributed by atoms with van der Waals surface area (Å²) in [5.74, 6) is 1.17. The number of nitrogens with zero attached hydrogens (tertiary/aromatic N) is 1. The van der Waals surface area contributed by atoms with Crippen LogP contribution in [0, 0.1) is 0 Å². The molecule has 1 heterocycles. The number of amides is 1. The molecule has 1 aliphatic heterocycles. The monoisotopic (exact) mass is 263 g/mol. The van der Waals surface area contributed by atoms with Crippen LogP contribution in [0.2, 0.25) is 0 Å². The van der Waals surface area contributed by atoms with E-state index in [1.165, 1.54) is 11.0 Å². The topological polar surface area (TPSA) is 54.5 Å². The van der Waals surface area contributed by atoms with Crippen molar-refractivity contribution in [3.05, 3.63) is 12.2 Å². The molecule has 0 N–H and O–H groups in total. The van der Waals surface area contributed by atoms with Gasteiger partial charge in [0.1, 0.15) is 5.37 Å². The summed E-state index contributed by atoms with van der Waals surface area (Å²) in [7, 11) is -3.18. The van der Waals surface area contributed by atoms with Gasteiger partial charge in [0.2, 0.25) is 5.91 Å². The smallest absolute Gasteiger partial charge is 0.247 e. The third kappa shape index (κ3) is 3.01. The predicted octanol–water partition coefficient (Wildman–Crippen LogP) is 0.899. The molecule has 0 spiro atoms. The fourth-order valence-corrected chi connectivity index (χ4v) is 4.54. The second-order valence-corrected chi connectivity index (χ2v) is 7.11. The summed E-state index contributed by atoms with van der Waals surface area (Å²) < 4.78 is 23.7. The van der Waals surface area contributed by atoms with Gasteiger partial charge in [0.25, 0.3) is 0 Å². The van der Waals surface area contributed by atoms with Gasteiger partial charge in [-0.25, -0.2) is 8.42 Å². The Morgan fingerprint density at radius 2 is 2.25 bits per heavy atom. The van der Waals surface area contributed by atoms with Crippen LogP contribution in [0.4, 0.5) is 0 Å². The lowest BCUT2D eigenvalue weighted by molar-refractivity contribution is -0.126. The largest absolute Gasteiger partial charge is 0.320 e. The molecule has 0 aromatic rings. The van der Waals surface area contributed by atoms with Gasteiger partial charge in [-0.2, -0.15) is 11.8 Å². The highest BCUT2D eigenvalue weighted by molar-refractivity contribution is 8.01. The highest BCUT2D eigenvalue weighted by atomic mass is 32.2. The Hall–Kier alpha value is -0.490. The molecular weight excluding hydrogens is 246 g/mol. The molecule has 0 aromatic heterocycles. The van der Waals surface area contributed by atoms with E-state index in [1.807, 2.05) is 0 Å². The van der Waals surface area contributed by atoms with Crippen LogP contribution in [0.3, 0.4) is 0 Å². The molecule has 0 bridgehead atoms. The lowest BCUT2D eigenvalue weighted by atomic mass is 10.4. The van der Waals surface area contributed by atoms with E-state index in [9.17, 15) is 13.2 Å². The molecule has 1 amide bonds. The molecule has 4 nitrogen and oxygen atoms in total. The van der Waals surface area contributed by atoms with Crippen molar-refractivity contribution in [2.75, 3.05) is 23.8 Å². The summed E-state index contributed by atoms with van der Waals surface area (Å²) in [5.41, 5.74) is 0. The van der Waals surface area contributed by atoms with Crippen LogP contribution in [0.15, 0.2) is 12.2 Å². The van der Waals surface area contributed by atoms with Crippen LogP contribution in [0.25, 0.3) is 0 Å². The molecule has 16 heavy (non-hydrogen) atoms. The summed E-state index contributed by atoms with van der Waals surface area (Å²) in [6, 6.07) is 0. The molecular formula is C10H17NO3S2. The average Bonchev–Trinajstić information content (AvgIpc) is 2.29. The lowest BCUT2D eigenvalue weighted by Crippen LogP contribution is -2.50. The number of rotatable bonds is 3. The molecule has 1 fully saturated rings. The van der Waals surface area contributed by atoms with Crippen LogP contribution in [-0.4, -0.2) is 48.4 Å². The van der Waals surface area contributed by atoms with Gasteiger partial charge in [0, 0.05) is 23.8 Å². The molecule has 1 saturated heterocycles. The quantitative estimate of drug-likeness (QED) is 0.710. The second kappa shape index (κ2) is 5.72. The predicted molar refractivity (Wildman–Crippen MR) is 67.1 cm³/mol. The third-order valence-corrected chi connectivity index (χ3v) is 5.78. The number of allylic oxidation sites excluding steroid dienone is 1. The first kappa shape index (κ1) is 13.6. The van der Waals surface area contributed by atoms with E-state index in [4.69, 9.17) is 0 Å². The van der Waals surface area contributed by atoms with E-state index in [-0.39, 0.29) is 11.7 Å². The number of carbonyl (C=O) groups excluding carboxylic acids is 1. The van der Waals surface area contributed by atoms with E-state index < -0.39 is 15.2 Å². The number of thioether (sulfide) groups is 1. The Morgan fingerprint density at radius 3 is 2.81 bits per heavy atom. The highest BCUT2D eigenvalue weighted by Crippen LogP contribution is 2.21. The Morgan fingerprint density at radius 1 is 1.56 bits per heavy atom. The van der Waals surface area contributed by atoms with Gasteiger partial charge >= 0.3 is 0 Å². The minimum atomic E-state index is -3.18. The third-order valence-electron chi connectivity index (χ3n) is 2.49. The second-order valence-electron chi connectivity index (χ2n) is 3.51. The number of hydrogen-bond acceptors (Lipinski definition) is 4. The average molecular weight is 263 g/mol. The van der Waals surface area contributed by atoms with E-state index in [2.05, 4.69) is 0 Å². The first-order valence-corrected chi connectivity index (χ1v) is 8.12. The van der Waals surface area contributed by atoms with Gasteiger partial charge in [-0.05, 0) is 13.0 Å². The van der Waals surface area contributed by atoms with E-state index in [0.717, 1.165) is 5.75 Å². The highest BCUT2D eigenvalue weighted by Gasteiger charge is 2.34. The van der Waals surface area contributed by atoms with Gasteiger partial charge in [0.05, 0.1) is 0 Å². The van der Waals surface area contributed by atoms with Crippen molar-refractivity contribution in [2.45, 2.75) is 19.2 Å². The molecule has 0 aromatic carbocycles. The maximum Gasteiger partial charge on any atom is 0.247 e. The van der Waals surface area contributed by atoms with Crippen molar-refractivity contribution in [1.29, 1.82) is 0 Å². The Bertz CT molecular complexity index is 376. The van der Waals surface area contributed by atoms with Gasteiger partial charge in [-0.15, -0.1) is 0 Å². The van der Waals surface area contributed by atoms with Crippen molar-refractivity contribution in [2.24, 2.45) is 0 Å². The molecule has 1 rings (SSSR count). The van der Waals surface area contributed by atoms with Crippen LogP contribution in [0.5, 0.6) is 0 Å². The zero-order valence-electron chi connectivity index (χ0n) is 9.55. The van der Waals surface area contributed by atoms with Crippen LogP contribution >= 0.6 is 11.8 Å². The Balaban J connectivity index is 2.92. The lowest BCUT2D eigenvalue weighted by Gasteiger charge is -2.33. The van der Waals surface area contributed by atoms with E-state index in [0.29, 0.717) is 12.3 Å². The standard InChI is InChI=1S/C10H17NO3S2/c1-3-5-9(12)11-6-7-15-8-10(11)16(13,14)4-2/h3,5,10H,4,6-8H2,1-2H3. The summed E-state index contributed by atoms with van der Waals surface area (Å²) in [6.07, 6.45) is 3.06. The maximum absolute atomic E-state index is 11.8. The molecule has 1 atom stereocenters. The van der Waals surface area contributed by atoms with Gasteiger partial charge in [0.15, 0.2) is 9.84 Å².